The lowest BCUT2D eigenvalue weighted by atomic mass is 9.95. The van der Waals surface area contributed by atoms with Crippen LogP contribution in [-0.4, -0.2) is 44.0 Å². The molecular formula is C23H26N2O4. The van der Waals surface area contributed by atoms with Crippen molar-refractivity contribution < 1.29 is 19.1 Å². The maximum absolute atomic E-state index is 12.7. The molecule has 6 nitrogen and oxygen atoms in total. The number of nitrogens with one attached hydrogen (secondary N) is 1. The number of carbonyl (C=O) groups excluding carboxylic acids is 2. The minimum absolute atomic E-state index is 0.0236. The lowest BCUT2D eigenvalue weighted by Crippen LogP contribution is -2.40. The van der Waals surface area contributed by atoms with E-state index in [0.717, 1.165) is 5.56 Å². The van der Waals surface area contributed by atoms with Crippen LogP contribution in [-0.2, 0) is 9.59 Å². The molecule has 6 heteroatoms. The summed E-state index contributed by atoms with van der Waals surface area (Å²) in [6.45, 7) is 1.13. The van der Waals surface area contributed by atoms with E-state index >= 15 is 0 Å². The van der Waals surface area contributed by atoms with Crippen molar-refractivity contribution in [3.63, 3.8) is 0 Å². The predicted octanol–water partition coefficient (Wildman–Crippen LogP) is 3.59. The van der Waals surface area contributed by atoms with Gasteiger partial charge in [-0.25, -0.2) is 0 Å². The van der Waals surface area contributed by atoms with E-state index in [0.29, 0.717) is 43.1 Å². The number of amides is 2. The van der Waals surface area contributed by atoms with Gasteiger partial charge in [-0.05, 0) is 36.6 Å². The highest BCUT2D eigenvalue weighted by molar-refractivity contribution is 5.95. The molecule has 2 aromatic rings. The van der Waals surface area contributed by atoms with Gasteiger partial charge in [0.1, 0.15) is 11.5 Å². The molecule has 0 atom stereocenters. The Hall–Kier alpha value is -3.28. The van der Waals surface area contributed by atoms with Crippen molar-refractivity contribution >= 4 is 23.6 Å². The van der Waals surface area contributed by atoms with Crippen LogP contribution in [0, 0.1) is 5.92 Å². The summed E-state index contributed by atoms with van der Waals surface area (Å²) in [7, 11) is 3.13. The molecule has 0 spiro atoms. The third-order valence-corrected chi connectivity index (χ3v) is 5.06. The van der Waals surface area contributed by atoms with Gasteiger partial charge in [-0.3, -0.25) is 9.59 Å². The fourth-order valence-electron chi connectivity index (χ4n) is 3.34. The van der Waals surface area contributed by atoms with Crippen LogP contribution >= 0.6 is 0 Å². The van der Waals surface area contributed by atoms with Gasteiger partial charge in [0.25, 0.3) is 0 Å². The number of anilines is 1. The number of benzene rings is 2. The van der Waals surface area contributed by atoms with Gasteiger partial charge < -0.3 is 19.7 Å². The summed E-state index contributed by atoms with van der Waals surface area (Å²) in [5, 5.41) is 2.94. The fourth-order valence-corrected chi connectivity index (χ4v) is 3.34. The minimum Gasteiger partial charge on any atom is -0.497 e. The van der Waals surface area contributed by atoms with Crippen molar-refractivity contribution in [2.24, 2.45) is 5.92 Å². The lowest BCUT2D eigenvalue weighted by molar-refractivity contribution is -0.130. The largest absolute Gasteiger partial charge is 0.497 e. The first-order valence-corrected chi connectivity index (χ1v) is 9.65. The maximum atomic E-state index is 12.7. The van der Waals surface area contributed by atoms with E-state index in [9.17, 15) is 9.59 Å². The average molecular weight is 394 g/mol. The highest BCUT2D eigenvalue weighted by Crippen LogP contribution is 2.30. The van der Waals surface area contributed by atoms with E-state index in [4.69, 9.17) is 9.47 Å². The average Bonchev–Trinajstić information content (AvgIpc) is 2.78. The summed E-state index contributed by atoms with van der Waals surface area (Å²) < 4.78 is 10.5. The minimum atomic E-state index is -0.135. The number of piperidine rings is 1. The molecule has 1 aliphatic heterocycles. The first kappa shape index (κ1) is 20.5. The van der Waals surface area contributed by atoms with Crippen molar-refractivity contribution in [3.05, 3.63) is 60.2 Å². The maximum Gasteiger partial charge on any atom is 0.246 e. The highest BCUT2D eigenvalue weighted by Gasteiger charge is 2.27. The third kappa shape index (κ3) is 5.38. The van der Waals surface area contributed by atoms with Gasteiger partial charge >= 0.3 is 0 Å². The number of hydrogen-bond donors (Lipinski definition) is 1. The van der Waals surface area contributed by atoms with E-state index in [1.54, 1.807) is 43.4 Å². The lowest BCUT2D eigenvalue weighted by Gasteiger charge is -2.30. The molecule has 1 aliphatic rings. The van der Waals surface area contributed by atoms with Crippen LogP contribution in [0.2, 0.25) is 0 Å². The van der Waals surface area contributed by atoms with E-state index in [1.807, 2.05) is 36.4 Å². The van der Waals surface area contributed by atoms with E-state index in [1.165, 1.54) is 0 Å². The number of nitrogens with zero attached hydrogens (tertiary/aromatic N) is 1. The number of likely N-dealkylation sites (tertiary alicyclic amines) is 1. The predicted molar refractivity (Wildman–Crippen MR) is 113 cm³/mol. The van der Waals surface area contributed by atoms with Crippen molar-refractivity contribution in [3.8, 4) is 11.5 Å². The molecule has 2 aromatic carbocycles. The molecule has 1 saturated heterocycles. The Bertz CT molecular complexity index is 872. The highest BCUT2D eigenvalue weighted by atomic mass is 16.5. The number of rotatable bonds is 6. The Kier molecular flexibility index (Phi) is 6.89. The molecule has 2 amide bonds. The quantitative estimate of drug-likeness (QED) is 0.761. The van der Waals surface area contributed by atoms with Crippen LogP contribution in [0.15, 0.2) is 54.6 Å². The van der Waals surface area contributed by atoms with Gasteiger partial charge in [0.05, 0.1) is 19.9 Å². The molecule has 3 rings (SSSR count). The van der Waals surface area contributed by atoms with Crippen LogP contribution < -0.4 is 14.8 Å². The molecule has 0 saturated carbocycles. The van der Waals surface area contributed by atoms with Crippen LogP contribution in [0.25, 0.3) is 6.08 Å². The second-order valence-corrected chi connectivity index (χ2v) is 6.90. The molecule has 152 valence electrons. The molecular weight excluding hydrogens is 368 g/mol. The summed E-state index contributed by atoms with van der Waals surface area (Å²) in [5.74, 6) is 1.00. The van der Waals surface area contributed by atoms with Gasteiger partial charge in [0, 0.05) is 31.1 Å². The number of methoxy groups -OCH3 is 2. The summed E-state index contributed by atoms with van der Waals surface area (Å²) in [4.78, 5) is 26.8. The normalized spacial score (nSPS) is 14.6. The molecule has 0 radical (unpaired) electrons. The van der Waals surface area contributed by atoms with Gasteiger partial charge in [-0.1, -0.05) is 30.3 Å². The second-order valence-electron chi connectivity index (χ2n) is 6.90. The first-order chi connectivity index (χ1) is 14.1. The second kappa shape index (κ2) is 9.78. The Morgan fingerprint density at radius 1 is 1.03 bits per heavy atom. The molecule has 0 aromatic heterocycles. The van der Waals surface area contributed by atoms with Crippen molar-refractivity contribution in [2.45, 2.75) is 12.8 Å². The topological polar surface area (TPSA) is 67.9 Å². The number of carbonyl (C=O) groups is 2. The number of ether oxygens (including phenoxy) is 2. The van der Waals surface area contributed by atoms with Gasteiger partial charge in [-0.2, -0.15) is 0 Å². The summed E-state index contributed by atoms with van der Waals surface area (Å²) >= 11 is 0. The Labute approximate surface area is 171 Å². The molecule has 0 aliphatic carbocycles. The van der Waals surface area contributed by atoms with E-state index < -0.39 is 0 Å². The third-order valence-electron chi connectivity index (χ3n) is 5.06. The van der Waals surface area contributed by atoms with Crippen molar-refractivity contribution in [1.29, 1.82) is 0 Å². The van der Waals surface area contributed by atoms with Crippen LogP contribution in [0.5, 0.6) is 11.5 Å². The molecule has 1 heterocycles. The van der Waals surface area contributed by atoms with Crippen LogP contribution in [0.3, 0.4) is 0 Å². The zero-order chi connectivity index (χ0) is 20.6. The van der Waals surface area contributed by atoms with E-state index in [2.05, 4.69) is 5.32 Å². The summed E-state index contributed by atoms with van der Waals surface area (Å²) in [5.41, 5.74) is 1.60. The van der Waals surface area contributed by atoms with Gasteiger partial charge in [0.2, 0.25) is 11.8 Å². The first-order valence-electron chi connectivity index (χ1n) is 9.65. The molecule has 1 fully saturated rings. The fraction of sp³-hybridized carbons (Fsp3) is 0.304. The zero-order valence-corrected chi connectivity index (χ0v) is 16.8. The molecule has 29 heavy (non-hydrogen) atoms. The van der Waals surface area contributed by atoms with Crippen LogP contribution in [0.4, 0.5) is 5.69 Å². The Balaban J connectivity index is 1.53. The van der Waals surface area contributed by atoms with Gasteiger partial charge in [0.15, 0.2) is 0 Å². The van der Waals surface area contributed by atoms with Crippen LogP contribution in [0.1, 0.15) is 18.4 Å². The van der Waals surface area contributed by atoms with Crippen molar-refractivity contribution in [1.82, 2.24) is 4.90 Å². The number of hydrogen-bond acceptors (Lipinski definition) is 4. The van der Waals surface area contributed by atoms with E-state index in [-0.39, 0.29) is 17.7 Å². The summed E-state index contributed by atoms with van der Waals surface area (Å²) in [6.07, 6.45) is 4.68. The summed E-state index contributed by atoms with van der Waals surface area (Å²) in [6, 6.07) is 15.0. The smallest absolute Gasteiger partial charge is 0.246 e. The SMILES string of the molecule is COc1ccc(NC(=O)C2CCN(C(=O)/C=C/c3ccccc3)CC2)c(OC)c1. The molecule has 1 N–H and O–H groups in total. The monoisotopic (exact) mass is 394 g/mol. The zero-order valence-electron chi connectivity index (χ0n) is 16.8. The standard InChI is InChI=1S/C23H26N2O4/c1-28-19-9-10-20(21(16-19)29-2)24-23(27)18-12-14-25(15-13-18)22(26)11-8-17-6-4-3-5-7-17/h3-11,16,18H,12-15H2,1-2H3,(H,24,27)/b11-8+. The van der Waals surface area contributed by atoms with Gasteiger partial charge in [-0.15, -0.1) is 0 Å². The van der Waals surface area contributed by atoms with Crippen molar-refractivity contribution in [2.75, 3.05) is 32.6 Å². The Morgan fingerprint density at radius 3 is 2.41 bits per heavy atom. The molecule has 0 unspecified atom stereocenters. The Morgan fingerprint density at radius 2 is 1.76 bits per heavy atom. The molecule has 0 bridgehead atoms.